The molecule has 0 bridgehead atoms. The van der Waals surface area contributed by atoms with E-state index in [9.17, 15) is 10.0 Å². The second kappa shape index (κ2) is 6.39. The molecule has 1 aromatic carbocycles. The molecule has 118 valence electrons. The van der Waals surface area contributed by atoms with Gasteiger partial charge in [0.05, 0.1) is 0 Å². The van der Waals surface area contributed by atoms with Crippen molar-refractivity contribution in [2.75, 3.05) is 0 Å². The van der Waals surface area contributed by atoms with Crippen molar-refractivity contribution in [3.05, 3.63) is 64.5 Å². The summed E-state index contributed by atoms with van der Waals surface area (Å²) in [4.78, 5) is 15.3. The number of aromatic nitrogens is 2. The predicted molar refractivity (Wildman–Crippen MR) is 89.9 cm³/mol. The lowest BCUT2D eigenvalue weighted by molar-refractivity contribution is -0.0639. The van der Waals surface area contributed by atoms with Crippen molar-refractivity contribution in [3.63, 3.8) is 0 Å². The first-order valence-corrected chi connectivity index (χ1v) is 7.76. The maximum absolute atomic E-state index is 11.2. The summed E-state index contributed by atoms with van der Waals surface area (Å²) in [5.74, 6) is 0. The van der Waals surface area contributed by atoms with Crippen molar-refractivity contribution in [3.8, 4) is 0 Å². The molecular formula is C16H15BrN4O2. The van der Waals surface area contributed by atoms with Gasteiger partial charge in [0.15, 0.2) is 0 Å². The number of carbonyl (C=O) groups is 1. The molecule has 0 atom stereocenters. The molecular weight excluding hydrogens is 360 g/mol. The minimum atomic E-state index is -0.892. The van der Waals surface area contributed by atoms with Crippen LogP contribution in [0.15, 0.2) is 53.3 Å². The average molecular weight is 375 g/mol. The van der Waals surface area contributed by atoms with Crippen molar-refractivity contribution < 1.29 is 10.0 Å². The highest BCUT2D eigenvalue weighted by Gasteiger charge is 2.14. The molecule has 0 saturated carbocycles. The molecule has 6 nitrogen and oxygen atoms in total. The number of nitrogens with two attached hydrogens (primary N) is 1. The number of nitrogens with zero attached hydrogens (tertiary/aromatic N) is 3. The lowest BCUT2D eigenvalue weighted by Gasteiger charge is -2.17. The Morgan fingerprint density at radius 1 is 1.35 bits per heavy atom. The molecule has 3 N–H and O–H groups in total. The molecule has 23 heavy (non-hydrogen) atoms. The van der Waals surface area contributed by atoms with E-state index in [0.29, 0.717) is 11.5 Å². The third-order valence-corrected chi connectivity index (χ3v) is 4.08. The van der Waals surface area contributed by atoms with E-state index in [2.05, 4.69) is 20.9 Å². The SMILES string of the molecule is NC(=O)N(O)Cn1c(Cc2cccnc2)cc2cc(Br)ccc21. The summed E-state index contributed by atoms with van der Waals surface area (Å²) in [6, 6.07) is 10.8. The maximum Gasteiger partial charge on any atom is 0.340 e. The molecule has 0 aliphatic rings. The zero-order chi connectivity index (χ0) is 16.4. The van der Waals surface area contributed by atoms with E-state index >= 15 is 0 Å². The van der Waals surface area contributed by atoms with Crippen LogP contribution >= 0.6 is 15.9 Å². The number of hydroxylamine groups is 2. The standard InChI is InChI=1S/C16H15BrN4O2/c17-13-3-4-15-12(7-13)8-14(6-11-2-1-5-19-9-11)20(15)10-21(23)16(18)22/h1-5,7-9,23H,6,10H2,(H2,18,22). The van der Waals surface area contributed by atoms with Gasteiger partial charge in [-0.25, -0.2) is 4.79 Å². The summed E-state index contributed by atoms with van der Waals surface area (Å²) < 4.78 is 2.82. The Hall–Kier alpha value is -2.38. The highest BCUT2D eigenvalue weighted by Crippen LogP contribution is 2.25. The van der Waals surface area contributed by atoms with Crippen LogP contribution in [0.4, 0.5) is 4.79 Å². The number of hydrogen-bond acceptors (Lipinski definition) is 3. The highest BCUT2D eigenvalue weighted by atomic mass is 79.9. The number of carbonyl (C=O) groups excluding carboxylic acids is 1. The van der Waals surface area contributed by atoms with E-state index in [-0.39, 0.29) is 6.67 Å². The Morgan fingerprint density at radius 2 is 2.17 bits per heavy atom. The van der Waals surface area contributed by atoms with Crippen molar-refractivity contribution in [1.29, 1.82) is 0 Å². The number of amides is 2. The number of urea groups is 1. The average Bonchev–Trinajstić information content (AvgIpc) is 2.84. The predicted octanol–water partition coefficient (Wildman–Crippen LogP) is 3.12. The molecule has 7 heteroatoms. The van der Waals surface area contributed by atoms with E-state index in [1.165, 1.54) is 0 Å². The lowest BCUT2D eigenvalue weighted by Crippen LogP contribution is -2.34. The Morgan fingerprint density at radius 3 is 2.87 bits per heavy atom. The van der Waals surface area contributed by atoms with Gasteiger partial charge in [0.1, 0.15) is 6.67 Å². The Labute approximate surface area is 141 Å². The van der Waals surface area contributed by atoms with Crippen LogP contribution in [0.25, 0.3) is 10.9 Å². The van der Waals surface area contributed by atoms with Crippen LogP contribution in [-0.2, 0) is 13.1 Å². The minimum absolute atomic E-state index is 0.0317. The first-order valence-electron chi connectivity index (χ1n) is 6.97. The quantitative estimate of drug-likeness (QED) is 0.543. The van der Waals surface area contributed by atoms with Crippen molar-refractivity contribution in [2.24, 2.45) is 5.73 Å². The zero-order valence-electron chi connectivity index (χ0n) is 12.2. The minimum Gasteiger partial charge on any atom is -0.350 e. The molecule has 0 saturated heterocycles. The third-order valence-electron chi connectivity index (χ3n) is 3.59. The van der Waals surface area contributed by atoms with Crippen molar-refractivity contribution in [2.45, 2.75) is 13.1 Å². The summed E-state index contributed by atoms with van der Waals surface area (Å²) in [6.07, 6.45) is 4.15. The zero-order valence-corrected chi connectivity index (χ0v) is 13.8. The first-order chi connectivity index (χ1) is 11.0. The summed E-state index contributed by atoms with van der Waals surface area (Å²) >= 11 is 3.45. The second-order valence-corrected chi connectivity index (χ2v) is 6.10. The van der Waals surface area contributed by atoms with Crippen LogP contribution in [0, 0.1) is 0 Å². The van der Waals surface area contributed by atoms with Crippen molar-refractivity contribution >= 4 is 32.9 Å². The lowest BCUT2D eigenvalue weighted by atomic mass is 10.1. The molecule has 3 aromatic rings. The van der Waals surface area contributed by atoms with Gasteiger partial charge in [-0.2, -0.15) is 5.06 Å². The van der Waals surface area contributed by atoms with E-state index in [1.54, 1.807) is 12.4 Å². The highest BCUT2D eigenvalue weighted by molar-refractivity contribution is 9.10. The fraction of sp³-hybridized carbons (Fsp3) is 0.125. The maximum atomic E-state index is 11.2. The van der Waals surface area contributed by atoms with Crippen LogP contribution in [-0.4, -0.2) is 25.9 Å². The van der Waals surface area contributed by atoms with Gasteiger partial charge in [0.2, 0.25) is 0 Å². The van der Waals surface area contributed by atoms with Gasteiger partial charge in [-0.3, -0.25) is 10.2 Å². The van der Waals surface area contributed by atoms with Gasteiger partial charge in [0.25, 0.3) is 0 Å². The van der Waals surface area contributed by atoms with E-state index in [1.807, 2.05) is 41.0 Å². The summed E-state index contributed by atoms with van der Waals surface area (Å²) in [5, 5.41) is 11.2. The fourth-order valence-electron chi connectivity index (χ4n) is 2.53. The smallest absolute Gasteiger partial charge is 0.340 e. The van der Waals surface area contributed by atoms with Crippen LogP contribution in [0.5, 0.6) is 0 Å². The number of pyridine rings is 1. The first kappa shape index (κ1) is 15.5. The fourth-order valence-corrected chi connectivity index (χ4v) is 2.91. The molecule has 0 aliphatic heterocycles. The number of hydrogen-bond donors (Lipinski definition) is 2. The van der Waals surface area contributed by atoms with E-state index in [0.717, 1.165) is 26.6 Å². The van der Waals surface area contributed by atoms with Gasteiger partial charge in [0, 0.05) is 39.9 Å². The van der Waals surface area contributed by atoms with Crippen LogP contribution in [0.3, 0.4) is 0 Å². The molecule has 2 amide bonds. The number of fused-ring (bicyclic) bond motifs is 1. The molecule has 0 unspecified atom stereocenters. The normalized spacial score (nSPS) is 10.9. The van der Waals surface area contributed by atoms with Crippen molar-refractivity contribution in [1.82, 2.24) is 14.6 Å². The molecule has 2 heterocycles. The molecule has 0 radical (unpaired) electrons. The molecule has 0 spiro atoms. The van der Waals surface area contributed by atoms with Crippen LogP contribution < -0.4 is 5.73 Å². The van der Waals surface area contributed by atoms with Crippen LogP contribution in [0.1, 0.15) is 11.3 Å². The van der Waals surface area contributed by atoms with E-state index < -0.39 is 6.03 Å². The Kier molecular flexibility index (Phi) is 4.31. The second-order valence-electron chi connectivity index (χ2n) is 5.18. The van der Waals surface area contributed by atoms with E-state index in [4.69, 9.17) is 5.73 Å². The molecule has 0 aliphatic carbocycles. The number of halogens is 1. The number of benzene rings is 1. The Balaban J connectivity index is 2.05. The van der Waals surface area contributed by atoms with Gasteiger partial charge < -0.3 is 10.3 Å². The van der Waals surface area contributed by atoms with Gasteiger partial charge in [-0.15, -0.1) is 0 Å². The topological polar surface area (TPSA) is 84.4 Å². The third kappa shape index (κ3) is 3.35. The van der Waals surface area contributed by atoms with Crippen LogP contribution in [0.2, 0.25) is 0 Å². The molecule has 3 rings (SSSR count). The summed E-state index contributed by atoms with van der Waals surface area (Å²) in [6.45, 7) is -0.0317. The monoisotopic (exact) mass is 374 g/mol. The largest absolute Gasteiger partial charge is 0.350 e. The van der Waals surface area contributed by atoms with Gasteiger partial charge >= 0.3 is 6.03 Å². The Bertz CT molecular complexity index is 848. The van der Waals surface area contributed by atoms with Gasteiger partial charge in [-0.1, -0.05) is 22.0 Å². The summed E-state index contributed by atoms with van der Waals surface area (Å²) in [7, 11) is 0. The number of primary amides is 1. The molecule has 0 fully saturated rings. The summed E-state index contributed by atoms with van der Waals surface area (Å²) in [5.41, 5.74) is 8.03. The number of rotatable bonds is 4. The van der Waals surface area contributed by atoms with Gasteiger partial charge in [-0.05, 0) is 35.9 Å². The molecule has 2 aromatic heterocycles.